The molecule has 1 aromatic carbocycles. The highest BCUT2D eigenvalue weighted by atomic mass is 32.2. The highest BCUT2D eigenvalue weighted by Gasteiger charge is 2.18. The number of hydrogen-bond donors (Lipinski definition) is 0. The van der Waals surface area contributed by atoms with Crippen LogP contribution >= 0.6 is 23.8 Å². The summed E-state index contributed by atoms with van der Waals surface area (Å²) in [6, 6.07) is 2.40. The van der Waals surface area contributed by atoms with Gasteiger partial charge in [-0.25, -0.2) is 8.42 Å². The van der Waals surface area contributed by atoms with Gasteiger partial charge in [0.1, 0.15) is 10.1 Å². The van der Waals surface area contributed by atoms with Gasteiger partial charge in [0.2, 0.25) is 0 Å². The lowest BCUT2D eigenvalue weighted by atomic mass is 10.1. The molecule has 0 heterocycles. The average Bonchev–Trinajstić information content (AvgIpc) is 0.890. The summed E-state index contributed by atoms with van der Waals surface area (Å²) < 4.78 is 32.0. The molecule has 0 unspecified atom stereocenters. The van der Waals surface area contributed by atoms with Gasteiger partial charge in [-0.2, -0.15) is 0 Å². The third-order valence-electron chi connectivity index (χ3n) is 18.7. The SMILES string of the molecule is CCCCCCCC[PH+](CCCCCCCC)CCCCCCCC.CCCCCCCC[PH+](CCCCCCCC)CCCCCCCC.CCCCCCCC[PH+](CCCCCCCC)CCCCCCCC.O=C([O-])c1cccc(S(=O)(=O)[O-])c1C(=O)[O-]. The van der Waals surface area contributed by atoms with Crippen LogP contribution in [0, 0.1) is 0 Å². The van der Waals surface area contributed by atoms with Gasteiger partial charge in [-0.05, 0) is 122 Å². The minimum atomic E-state index is -5.10. The minimum absolute atomic E-state index is 0.0222. The van der Waals surface area contributed by atoms with E-state index in [-0.39, 0.29) is 23.8 Å². The molecule has 0 spiro atoms. The molecular weight excluding hydrogens is 1200 g/mol. The van der Waals surface area contributed by atoms with Crippen LogP contribution in [-0.2, 0) is 10.1 Å². The fourth-order valence-electron chi connectivity index (χ4n) is 12.6. The van der Waals surface area contributed by atoms with E-state index in [1.54, 1.807) is 113 Å². The first kappa shape index (κ1) is 94.5. The Balaban J connectivity index is -0.00000115. The van der Waals surface area contributed by atoms with Crippen molar-refractivity contribution in [3.63, 3.8) is 0 Å². The fourth-order valence-corrected chi connectivity index (χ4v) is 22.3. The fraction of sp³-hybridized carbons (Fsp3) is 0.900. The molecule has 542 valence electrons. The van der Waals surface area contributed by atoms with Crippen LogP contribution in [0.1, 0.15) is 430 Å². The van der Waals surface area contributed by atoms with Crippen LogP contribution in [0.15, 0.2) is 23.1 Å². The molecule has 0 amide bonds. The van der Waals surface area contributed by atoms with E-state index in [4.69, 9.17) is 0 Å². The summed E-state index contributed by atoms with van der Waals surface area (Å²) in [5, 5.41) is 21.1. The molecule has 0 atom stereocenters. The predicted octanol–water partition coefficient (Wildman–Crippen LogP) is 25.2. The van der Waals surface area contributed by atoms with E-state index in [2.05, 4.69) is 62.3 Å². The molecule has 0 aliphatic carbocycles. The van der Waals surface area contributed by atoms with Gasteiger partial charge in [-0.1, -0.05) is 306 Å². The maximum Gasteiger partial charge on any atom is 0.125 e. The number of carbonyl (C=O) groups is 2. The second-order valence-corrected chi connectivity index (χ2v) is 38.0. The molecule has 0 saturated heterocycles. The van der Waals surface area contributed by atoms with Crippen molar-refractivity contribution in [2.75, 3.05) is 55.5 Å². The van der Waals surface area contributed by atoms with E-state index in [0.717, 1.165) is 12.1 Å². The number of aromatic carboxylic acids is 2. The maximum atomic E-state index is 10.7. The topological polar surface area (TPSA) is 137 Å². The van der Waals surface area contributed by atoms with E-state index in [0.29, 0.717) is 6.07 Å². The number of benzene rings is 1. The molecular formula is C80H159O7P3S. The van der Waals surface area contributed by atoms with Gasteiger partial charge in [-0.15, -0.1) is 0 Å². The summed E-state index contributed by atoms with van der Waals surface area (Å²) in [7, 11) is -5.16. The Labute approximate surface area is 573 Å². The molecule has 7 nitrogen and oxygen atoms in total. The average molecular weight is 1360 g/mol. The first-order valence-electron chi connectivity index (χ1n) is 40.3. The normalized spacial score (nSPS) is 11.4. The predicted molar refractivity (Wildman–Crippen MR) is 412 cm³/mol. The number of carboxylic acids is 2. The van der Waals surface area contributed by atoms with E-state index in [1.807, 2.05) is 0 Å². The van der Waals surface area contributed by atoms with Gasteiger partial charge in [0.05, 0.1) is 72.3 Å². The van der Waals surface area contributed by atoms with Crippen molar-refractivity contribution < 1.29 is 32.8 Å². The van der Waals surface area contributed by atoms with Crippen molar-refractivity contribution in [3.8, 4) is 0 Å². The zero-order chi connectivity index (χ0) is 67.8. The Kier molecular flexibility index (Phi) is 79.7. The summed E-state index contributed by atoms with van der Waals surface area (Å²) in [5.41, 5.74) is -2.12. The molecule has 0 fully saturated rings. The standard InChI is InChI=1S/3C24H51P.C8H6O7S/c3*1-4-7-10-13-16-19-22-25(23-20-17-14-11-8-5-2)24-21-18-15-12-9-6-3;9-7(10)4-2-1-3-5(16(13,14)15)6(4)8(11)12/h3*4-24H2,1-3H3;1-3H,(H,9,10)(H,11,12)(H,13,14,15). The highest BCUT2D eigenvalue weighted by molar-refractivity contribution is 7.85. The van der Waals surface area contributed by atoms with E-state index in [1.165, 1.54) is 289 Å². The zero-order valence-corrected chi connectivity index (χ0v) is 66.4. The molecule has 1 rings (SSSR count). The van der Waals surface area contributed by atoms with Crippen molar-refractivity contribution >= 4 is 45.8 Å². The third-order valence-corrected chi connectivity index (χ3v) is 29.1. The Morgan fingerprint density at radius 2 is 0.440 bits per heavy atom. The molecule has 0 aliphatic rings. The van der Waals surface area contributed by atoms with Crippen LogP contribution in [0.3, 0.4) is 0 Å². The first-order chi connectivity index (χ1) is 44.3. The van der Waals surface area contributed by atoms with E-state index in [9.17, 15) is 32.8 Å². The molecule has 11 heteroatoms. The second kappa shape index (κ2) is 76.7. The summed E-state index contributed by atoms with van der Waals surface area (Å²) in [4.78, 5) is 19.9. The lowest BCUT2D eigenvalue weighted by Gasteiger charge is -2.17. The Morgan fingerprint density at radius 3 is 0.582 bits per heavy atom. The lowest BCUT2D eigenvalue weighted by molar-refractivity contribution is -0.260. The van der Waals surface area contributed by atoms with Crippen LogP contribution in [0.25, 0.3) is 0 Å². The van der Waals surface area contributed by atoms with Crippen LogP contribution in [0.5, 0.6) is 0 Å². The number of carboxylic acid groups (broad SMARTS) is 2. The highest BCUT2D eigenvalue weighted by Crippen LogP contribution is 2.42. The molecule has 0 saturated carbocycles. The van der Waals surface area contributed by atoms with Crippen molar-refractivity contribution in [1.29, 1.82) is 0 Å². The van der Waals surface area contributed by atoms with Crippen molar-refractivity contribution in [1.82, 2.24) is 0 Å². The number of rotatable bonds is 66. The molecule has 0 bridgehead atoms. The van der Waals surface area contributed by atoms with Crippen molar-refractivity contribution in [3.05, 3.63) is 29.3 Å². The maximum absolute atomic E-state index is 10.7. The van der Waals surface area contributed by atoms with Gasteiger partial charge in [-0.3, -0.25) is 0 Å². The largest absolute Gasteiger partial charge is 0.744 e. The Hall–Kier alpha value is -0.640. The Bertz CT molecular complexity index is 1500. The summed E-state index contributed by atoms with van der Waals surface area (Å²) in [5.74, 6) is -3.99. The molecule has 0 radical (unpaired) electrons. The van der Waals surface area contributed by atoms with Crippen molar-refractivity contribution in [2.24, 2.45) is 0 Å². The number of unbranched alkanes of at least 4 members (excludes halogenated alkanes) is 45. The second-order valence-electron chi connectivity index (χ2n) is 27.6. The Morgan fingerprint density at radius 1 is 0.275 bits per heavy atom. The van der Waals surface area contributed by atoms with E-state index < -0.39 is 38.1 Å². The van der Waals surface area contributed by atoms with Gasteiger partial charge in [0.25, 0.3) is 0 Å². The quantitative estimate of drug-likeness (QED) is 0.0360. The summed E-state index contributed by atoms with van der Waals surface area (Å²) in [6.45, 7) is 20.9. The smallest absolute Gasteiger partial charge is 0.125 e. The van der Waals surface area contributed by atoms with Crippen LogP contribution in [0.2, 0.25) is 0 Å². The molecule has 1 aromatic rings. The number of hydrogen-bond acceptors (Lipinski definition) is 7. The third kappa shape index (κ3) is 69.1. The zero-order valence-electron chi connectivity index (χ0n) is 62.5. The van der Waals surface area contributed by atoms with Crippen LogP contribution in [0.4, 0.5) is 0 Å². The lowest BCUT2D eigenvalue weighted by Crippen LogP contribution is -2.31. The molecule has 0 N–H and O–H groups in total. The van der Waals surface area contributed by atoms with Crippen LogP contribution < -0.4 is 10.2 Å². The molecule has 0 aliphatic heterocycles. The summed E-state index contributed by atoms with van der Waals surface area (Å²) >= 11 is 0. The number of carbonyl (C=O) groups excluding carboxylic acids is 2. The van der Waals surface area contributed by atoms with Gasteiger partial charge >= 0.3 is 0 Å². The van der Waals surface area contributed by atoms with Gasteiger partial charge in [0.15, 0.2) is 0 Å². The summed E-state index contributed by atoms with van der Waals surface area (Å²) in [6.07, 6.45) is 94.5. The van der Waals surface area contributed by atoms with Gasteiger partial charge < -0.3 is 24.4 Å². The van der Waals surface area contributed by atoms with E-state index >= 15 is 0 Å². The van der Waals surface area contributed by atoms with Gasteiger partial charge in [0, 0.05) is 34.9 Å². The van der Waals surface area contributed by atoms with Crippen LogP contribution in [-0.4, -0.2) is 80.4 Å². The first-order valence-corrected chi connectivity index (χ1v) is 48.1. The molecule has 91 heavy (non-hydrogen) atoms. The van der Waals surface area contributed by atoms with Crippen molar-refractivity contribution in [2.45, 2.75) is 414 Å². The minimum Gasteiger partial charge on any atom is -0.744 e. The monoisotopic (exact) mass is 1360 g/mol. The molecule has 0 aromatic heterocycles.